The van der Waals surface area contributed by atoms with Gasteiger partial charge in [0.1, 0.15) is 5.82 Å². The zero-order chi connectivity index (χ0) is 13.8. The molecule has 19 heavy (non-hydrogen) atoms. The number of carboxylic acids is 1. The van der Waals surface area contributed by atoms with Gasteiger partial charge in [0.25, 0.3) is 0 Å². The molecule has 1 N–H and O–H groups in total. The summed E-state index contributed by atoms with van der Waals surface area (Å²) in [7, 11) is 1.46. The van der Waals surface area contributed by atoms with E-state index in [4.69, 9.17) is 9.84 Å². The van der Waals surface area contributed by atoms with Gasteiger partial charge in [-0.2, -0.15) is 0 Å². The summed E-state index contributed by atoms with van der Waals surface area (Å²) in [5, 5.41) is 16.4. The summed E-state index contributed by atoms with van der Waals surface area (Å²) in [4.78, 5) is 11.0. The fourth-order valence-electron chi connectivity index (χ4n) is 1.67. The van der Waals surface area contributed by atoms with Gasteiger partial charge in [-0.3, -0.25) is 0 Å². The summed E-state index contributed by atoms with van der Waals surface area (Å²) in [6.07, 6.45) is 0. The van der Waals surface area contributed by atoms with Crippen LogP contribution >= 0.6 is 0 Å². The molecule has 0 bridgehead atoms. The number of methoxy groups -OCH3 is 1. The van der Waals surface area contributed by atoms with Crippen molar-refractivity contribution < 1.29 is 19.0 Å². The average molecular weight is 265 g/mol. The largest absolute Gasteiger partial charge is 0.476 e. The molecule has 0 saturated heterocycles. The molecular weight excluding hydrogens is 253 g/mol. The molecule has 7 heteroatoms. The molecular formula is C12H12FN3O3. The molecule has 0 aliphatic carbocycles. The van der Waals surface area contributed by atoms with E-state index < -0.39 is 5.97 Å². The highest BCUT2D eigenvalue weighted by atomic mass is 19.1. The Hall–Kier alpha value is -2.28. The van der Waals surface area contributed by atoms with E-state index in [9.17, 15) is 9.18 Å². The number of nitrogens with zero attached hydrogens (tertiary/aromatic N) is 3. The van der Waals surface area contributed by atoms with E-state index in [0.717, 1.165) is 5.56 Å². The van der Waals surface area contributed by atoms with Gasteiger partial charge in [0, 0.05) is 7.11 Å². The van der Waals surface area contributed by atoms with Crippen molar-refractivity contribution in [2.24, 2.45) is 0 Å². The topological polar surface area (TPSA) is 77.2 Å². The van der Waals surface area contributed by atoms with Crippen LogP contribution in [0.4, 0.5) is 4.39 Å². The van der Waals surface area contributed by atoms with Crippen LogP contribution in [0.1, 0.15) is 21.7 Å². The van der Waals surface area contributed by atoms with Crippen molar-refractivity contribution in [2.75, 3.05) is 7.11 Å². The van der Waals surface area contributed by atoms with Crippen molar-refractivity contribution in [3.05, 3.63) is 47.0 Å². The number of rotatable bonds is 5. The molecule has 0 aliphatic rings. The minimum Gasteiger partial charge on any atom is -0.476 e. The average Bonchev–Trinajstić information content (AvgIpc) is 2.76. The van der Waals surface area contributed by atoms with Gasteiger partial charge < -0.3 is 9.84 Å². The van der Waals surface area contributed by atoms with E-state index in [1.54, 1.807) is 12.1 Å². The lowest BCUT2D eigenvalue weighted by molar-refractivity contribution is 0.0684. The van der Waals surface area contributed by atoms with Crippen LogP contribution in [0.5, 0.6) is 0 Å². The van der Waals surface area contributed by atoms with Crippen molar-refractivity contribution in [3.63, 3.8) is 0 Å². The molecule has 0 spiro atoms. The number of aromatic carboxylic acids is 1. The Balaban J connectivity index is 2.29. The third-order valence-electron chi connectivity index (χ3n) is 2.57. The first-order valence-corrected chi connectivity index (χ1v) is 5.51. The van der Waals surface area contributed by atoms with E-state index in [2.05, 4.69) is 10.3 Å². The zero-order valence-corrected chi connectivity index (χ0v) is 10.2. The SMILES string of the molecule is COCc1c(C(=O)O)nnn1Cc1ccc(F)cc1. The van der Waals surface area contributed by atoms with Gasteiger partial charge >= 0.3 is 5.97 Å². The number of benzene rings is 1. The van der Waals surface area contributed by atoms with Crippen molar-refractivity contribution in [2.45, 2.75) is 13.2 Å². The van der Waals surface area contributed by atoms with Crippen molar-refractivity contribution in [1.82, 2.24) is 15.0 Å². The minimum atomic E-state index is -1.16. The Bertz CT molecular complexity index is 580. The Morgan fingerprint density at radius 2 is 2.11 bits per heavy atom. The molecule has 100 valence electrons. The minimum absolute atomic E-state index is 0.0931. The first kappa shape index (κ1) is 13.2. The Labute approximate surface area is 108 Å². The van der Waals surface area contributed by atoms with Crippen LogP contribution in [-0.2, 0) is 17.9 Å². The Morgan fingerprint density at radius 3 is 2.68 bits per heavy atom. The predicted molar refractivity (Wildman–Crippen MR) is 63.2 cm³/mol. The smallest absolute Gasteiger partial charge is 0.358 e. The number of carbonyl (C=O) groups is 1. The second-order valence-electron chi connectivity index (χ2n) is 3.91. The Kier molecular flexibility index (Phi) is 3.86. The molecule has 0 fully saturated rings. The van der Waals surface area contributed by atoms with Crippen LogP contribution in [0, 0.1) is 5.82 Å². The first-order valence-electron chi connectivity index (χ1n) is 5.51. The van der Waals surface area contributed by atoms with E-state index in [-0.39, 0.29) is 18.1 Å². The van der Waals surface area contributed by atoms with Crippen LogP contribution in [0.3, 0.4) is 0 Å². The molecule has 2 rings (SSSR count). The monoisotopic (exact) mass is 265 g/mol. The summed E-state index contributed by atoms with van der Waals surface area (Å²) in [6.45, 7) is 0.398. The molecule has 0 amide bonds. The third-order valence-corrected chi connectivity index (χ3v) is 2.57. The van der Waals surface area contributed by atoms with Crippen LogP contribution < -0.4 is 0 Å². The maximum absolute atomic E-state index is 12.8. The molecule has 0 aliphatic heterocycles. The number of ether oxygens (including phenoxy) is 1. The maximum atomic E-state index is 12.8. The summed E-state index contributed by atoms with van der Waals surface area (Å²) < 4.78 is 19.2. The fourth-order valence-corrected chi connectivity index (χ4v) is 1.67. The van der Waals surface area contributed by atoms with E-state index in [0.29, 0.717) is 12.2 Å². The third kappa shape index (κ3) is 2.94. The summed E-state index contributed by atoms with van der Waals surface area (Å²) in [6, 6.07) is 5.88. The van der Waals surface area contributed by atoms with E-state index in [1.165, 1.54) is 23.9 Å². The molecule has 6 nitrogen and oxygen atoms in total. The summed E-state index contributed by atoms with van der Waals surface area (Å²) >= 11 is 0. The fraction of sp³-hybridized carbons (Fsp3) is 0.250. The molecule has 1 aromatic heterocycles. The van der Waals surface area contributed by atoms with Crippen molar-refractivity contribution in [1.29, 1.82) is 0 Å². The van der Waals surface area contributed by atoms with Gasteiger partial charge in [-0.15, -0.1) is 5.10 Å². The zero-order valence-electron chi connectivity index (χ0n) is 10.2. The normalized spacial score (nSPS) is 10.6. The lowest BCUT2D eigenvalue weighted by atomic mass is 10.2. The van der Waals surface area contributed by atoms with Gasteiger partial charge in [0.2, 0.25) is 0 Å². The van der Waals surface area contributed by atoms with Crippen molar-refractivity contribution in [3.8, 4) is 0 Å². The molecule has 0 unspecified atom stereocenters. The highest BCUT2D eigenvalue weighted by molar-refractivity contribution is 5.86. The molecule has 0 saturated carbocycles. The molecule has 1 aromatic carbocycles. The van der Waals surface area contributed by atoms with E-state index >= 15 is 0 Å². The molecule has 0 radical (unpaired) electrons. The second kappa shape index (κ2) is 5.57. The van der Waals surface area contributed by atoms with Gasteiger partial charge in [-0.05, 0) is 17.7 Å². The van der Waals surface area contributed by atoms with E-state index in [1.807, 2.05) is 0 Å². The number of halogens is 1. The molecule has 2 aromatic rings. The van der Waals surface area contributed by atoms with Crippen LogP contribution in [0.25, 0.3) is 0 Å². The van der Waals surface area contributed by atoms with Gasteiger partial charge in [-0.1, -0.05) is 17.3 Å². The van der Waals surface area contributed by atoms with Gasteiger partial charge in [0.15, 0.2) is 5.69 Å². The van der Waals surface area contributed by atoms with Gasteiger partial charge in [-0.25, -0.2) is 13.9 Å². The molecule has 0 atom stereocenters. The number of hydrogen-bond acceptors (Lipinski definition) is 4. The van der Waals surface area contributed by atoms with Crippen LogP contribution in [0.15, 0.2) is 24.3 Å². The Morgan fingerprint density at radius 1 is 1.42 bits per heavy atom. The number of aromatic nitrogens is 3. The summed E-state index contributed by atoms with van der Waals surface area (Å²) in [5.41, 5.74) is 1.03. The van der Waals surface area contributed by atoms with Crippen LogP contribution in [-0.4, -0.2) is 33.2 Å². The quantitative estimate of drug-likeness (QED) is 0.882. The van der Waals surface area contributed by atoms with Gasteiger partial charge in [0.05, 0.1) is 18.8 Å². The standard InChI is InChI=1S/C12H12FN3O3/c1-19-7-10-11(12(17)18)14-15-16(10)6-8-2-4-9(13)5-3-8/h2-5H,6-7H2,1H3,(H,17,18). The lowest BCUT2D eigenvalue weighted by Gasteiger charge is -2.06. The lowest BCUT2D eigenvalue weighted by Crippen LogP contribution is -2.10. The first-order chi connectivity index (χ1) is 9.11. The maximum Gasteiger partial charge on any atom is 0.358 e. The second-order valence-corrected chi connectivity index (χ2v) is 3.91. The number of hydrogen-bond donors (Lipinski definition) is 1. The van der Waals surface area contributed by atoms with Crippen LogP contribution in [0.2, 0.25) is 0 Å². The summed E-state index contributed by atoms with van der Waals surface area (Å²) in [5.74, 6) is -1.48. The molecule has 1 heterocycles. The number of carboxylic acid groups (broad SMARTS) is 1. The highest BCUT2D eigenvalue weighted by Gasteiger charge is 2.18. The highest BCUT2D eigenvalue weighted by Crippen LogP contribution is 2.11. The van der Waals surface area contributed by atoms with Crippen molar-refractivity contribution >= 4 is 5.97 Å². The predicted octanol–water partition coefficient (Wildman–Crippen LogP) is 1.31.